The van der Waals surface area contributed by atoms with Crippen molar-refractivity contribution in [1.29, 1.82) is 10.5 Å². The van der Waals surface area contributed by atoms with E-state index in [-0.39, 0.29) is 0 Å². The predicted molar refractivity (Wildman–Crippen MR) is 75.6 cm³/mol. The van der Waals surface area contributed by atoms with E-state index in [1.165, 1.54) is 23.5 Å². The monoisotopic (exact) mass is 300 g/mol. The normalized spacial score (nSPS) is 20.7. The summed E-state index contributed by atoms with van der Waals surface area (Å²) in [7, 11) is 0. The van der Waals surface area contributed by atoms with Gasteiger partial charge in [0.1, 0.15) is 21.9 Å². The molecule has 0 saturated heterocycles. The van der Waals surface area contributed by atoms with Crippen molar-refractivity contribution in [3.8, 4) is 12.1 Å². The van der Waals surface area contributed by atoms with E-state index in [4.69, 9.17) is 24.7 Å². The molecular weight excluding hydrogens is 284 g/mol. The third kappa shape index (κ3) is 7.46. The summed E-state index contributed by atoms with van der Waals surface area (Å²) in [5.74, 6) is 1.32. The Hall–Kier alpha value is -0.700. The van der Waals surface area contributed by atoms with Gasteiger partial charge in [-0.3, -0.25) is 0 Å². The topological polar surface area (TPSA) is 75.3 Å². The van der Waals surface area contributed by atoms with E-state index in [0.717, 1.165) is 0 Å². The van der Waals surface area contributed by atoms with E-state index in [9.17, 15) is 0 Å². The summed E-state index contributed by atoms with van der Waals surface area (Å²) < 4.78 is 16.0. The van der Waals surface area contributed by atoms with E-state index < -0.39 is 0 Å². The smallest absolute Gasteiger partial charge is 0.109 e. The second-order valence-electron chi connectivity index (χ2n) is 3.42. The quantitative estimate of drug-likeness (QED) is 0.675. The molecule has 0 amide bonds. The summed E-state index contributed by atoms with van der Waals surface area (Å²) in [6.07, 6.45) is 0. The molecule has 0 spiro atoms. The number of hydrogen-bond acceptors (Lipinski definition) is 7. The fraction of sp³-hybridized carbons (Fsp3) is 0.667. The van der Waals surface area contributed by atoms with Gasteiger partial charge >= 0.3 is 0 Å². The Kier molecular flexibility index (Phi) is 9.60. The van der Waals surface area contributed by atoms with Gasteiger partial charge in [-0.15, -0.1) is 23.5 Å². The maximum absolute atomic E-state index is 9.06. The van der Waals surface area contributed by atoms with Crippen molar-refractivity contribution in [1.82, 2.24) is 0 Å². The minimum absolute atomic E-state index is 0.460. The molecule has 7 heteroatoms. The Balaban J connectivity index is 2.53. The second-order valence-corrected chi connectivity index (χ2v) is 5.63. The van der Waals surface area contributed by atoms with Crippen LogP contribution in [0.1, 0.15) is 0 Å². The molecule has 0 atom stereocenters. The highest BCUT2D eigenvalue weighted by molar-refractivity contribution is 8.07. The molecule has 0 unspecified atom stereocenters. The first-order valence-electron chi connectivity index (χ1n) is 5.91. The third-order valence-electron chi connectivity index (χ3n) is 2.10. The molecular formula is C12H16N2O3S2. The van der Waals surface area contributed by atoms with Gasteiger partial charge in [0, 0.05) is 11.5 Å². The van der Waals surface area contributed by atoms with Gasteiger partial charge in [0.15, 0.2) is 0 Å². The minimum Gasteiger partial charge on any atom is -0.378 e. The fourth-order valence-electron chi connectivity index (χ4n) is 1.24. The molecule has 19 heavy (non-hydrogen) atoms. The molecule has 0 aromatic carbocycles. The summed E-state index contributed by atoms with van der Waals surface area (Å²) >= 11 is 2.71. The Bertz CT molecular complexity index is 340. The van der Waals surface area contributed by atoms with E-state index in [2.05, 4.69) is 12.1 Å². The third-order valence-corrected chi connectivity index (χ3v) is 4.14. The van der Waals surface area contributed by atoms with Crippen molar-refractivity contribution < 1.29 is 14.2 Å². The van der Waals surface area contributed by atoms with Gasteiger partial charge in [0.2, 0.25) is 0 Å². The van der Waals surface area contributed by atoms with Crippen LogP contribution >= 0.6 is 23.5 Å². The number of rotatable bonds is 0. The summed E-state index contributed by atoms with van der Waals surface area (Å²) in [4.78, 5) is 0.921. The average Bonchev–Trinajstić information content (AvgIpc) is 2.45. The average molecular weight is 300 g/mol. The van der Waals surface area contributed by atoms with E-state index in [1.54, 1.807) is 0 Å². The van der Waals surface area contributed by atoms with Crippen molar-refractivity contribution in [3.63, 3.8) is 0 Å². The Morgan fingerprint density at radius 2 is 1.05 bits per heavy atom. The SMILES string of the molecule is N#CC1=C(C#N)SCCOCCOCCOCCS1. The zero-order chi connectivity index (χ0) is 13.8. The maximum Gasteiger partial charge on any atom is 0.109 e. The lowest BCUT2D eigenvalue weighted by Gasteiger charge is -2.05. The Morgan fingerprint density at radius 3 is 1.42 bits per heavy atom. The van der Waals surface area contributed by atoms with Gasteiger partial charge < -0.3 is 14.2 Å². The van der Waals surface area contributed by atoms with E-state index in [1.807, 2.05) is 0 Å². The molecule has 1 heterocycles. The number of nitrogens with zero attached hydrogens (tertiary/aromatic N) is 2. The van der Waals surface area contributed by atoms with Crippen LogP contribution in [0.25, 0.3) is 0 Å². The van der Waals surface area contributed by atoms with Crippen LogP contribution in [0, 0.1) is 22.7 Å². The highest BCUT2D eigenvalue weighted by Crippen LogP contribution is 2.26. The van der Waals surface area contributed by atoms with Crippen LogP contribution in [0.15, 0.2) is 9.81 Å². The van der Waals surface area contributed by atoms with Crippen molar-refractivity contribution in [2.24, 2.45) is 0 Å². The molecule has 104 valence electrons. The highest BCUT2D eigenvalue weighted by atomic mass is 32.2. The molecule has 0 bridgehead atoms. The van der Waals surface area contributed by atoms with Crippen molar-refractivity contribution >= 4 is 23.5 Å². The Morgan fingerprint density at radius 1 is 0.684 bits per heavy atom. The molecule has 5 nitrogen and oxygen atoms in total. The molecule has 0 aromatic heterocycles. The molecule has 0 aliphatic carbocycles. The second kappa shape index (κ2) is 11.2. The van der Waals surface area contributed by atoms with Crippen molar-refractivity contribution in [2.45, 2.75) is 0 Å². The summed E-state index contributed by atoms with van der Waals surface area (Å²) in [6, 6.07) is 4.15. The van der Waals surface area contributed by atoms with Crippen LogP contribution < -0.4 is 0 Å². The lowest BCUT2D eigenvalue weighted by Crippen LogP contribution is -2.11. The first-order chi connectivity index (χ1) is 9.38. The van der Waals surface area contributed by atoms with E-state index in [0.29, 0.717) is 61.0 Å². The van der Waals surface area contributed by atoms with Crippen LogP contribution in [0.3, 0.4) is 0 Å². The first-order valence-corrected chi connectivity index (χ1v) is 7.89. The highest BCUT2D eigenvalue weighted by Gasteiger charge is 2.08. The number of nitriles is 2. The molecule has 0 aromatic rings. The van der Waals surface area contributed by atoms with Crippen LogP contribution in [0.4, 0.5) is 0 Å². The van der Waals surface area contributed by atoms with Crippen LogP contribution in [-0.4, -0.2) is 51.1 Å². The van der Waals surface area contributed by atoms with Crippen molar-refractivity contribution in [2.75, 3.05) is 51.1 Å². The summed E-state index contributed by atoms with van der Waals surface area (Å²) in [5, 5.41) is 18.1. The zero-order valence-electron chi connectivity index (χ0n) is 10.6. The number of allylic oxidation sites excluding steroid dienone is 2. The van der Waals surface area contributed by atoms with Crippen LogP contribution in [0.5, 0.6) is 0 Å². The molecule has 1 rings (SSSR count). The molecule has 1 aliphatic rings. The fourth-order valence-corrected chi connectivity index (χ4v) is 2.89. The maximum atomic E-state index is 9.06. The van der Waals surface area contributed by atoms with Gasteiger partial charge in [0.05, 0.1) is 39.6 Å². The number of hydrogen-bond donors (Lipinski definition) is 0. The number of thioether (sulfide) groups is 2. The zero-order valence-corrected chi connectivity index (χ0v) is 12.2. The first kappa shape index (κ1) is 16.4. The summed E-state index contributed by atoms with van der Waals surface area (Å²) in [5.41, 5.74) is 0. The lowest BCUT2D eigenvalue weighted by molar-refractivity contribution is 0.0205. The predicted octanol–water partition coefficient (Wildman–Crippen LogP) is 1.77. The van der Waals surface area contributed by atoms with Crippen molar-refractivity contribution in [3.05, 3.63) is 9.81 Å². The van der Waals surface area contributed by atoms with Gasteiger partial charge in [-0.25, -0.2) is 0 Å². The molecule has 0 radical (unpaired) electrons. The van der Waals surface area contributed by atoms with E-state index >= 15 is 0 Å². The van der Waals surface area contributed by atoms with Crippen LogP contribution in [0.2, 0.25) is 0 Å². The standard InChI is InChI=1S/C12H16N2O3S2/c13-9-11-12(10-14)19-8-6-17-4-2-15-1-3-16-5-7-18-11/h1-8H2. The van der Waals surface area contributed by atoms with Crippen LogP contribution in [-0.2, 0) is 14.2 Å². The molecule has 0 fully saturated rings. The van der Waals surface area contributed by atoms with Gasteiger partial charge in [-0.1, -0.05) is 0 Å². The summed E-state index contributed by atoms with van der Waals surface area (Å²) in [6.45, 7) is 3.25. The van der Waals surface area contributed by atoms with Gasteiger partial charge in [-0.05, 0) is 0 Å². The molecule has 0 N–H and O–H groups in total. The van der Waals surface area contributed by atoms with Gasteiger partial charge in [0.25, 0.3) is 0 Å². The molecule has 1 aliphatic heterocycles. The number of ether oxygens (including phenoxy) is 3. The minimum atomic E-state index is 0.460. The lowest BCUT2D eigenvalue weighted by atomic mass is 10.5. The molecule has 0 saturated carbocycles. The largest absolute Gasteiger partial charge is 0.378 e. The Labute approximate surface area is 121 Å². The van der Waals surface area contributed by atoms with Gasteiger partial charge in [-0.2, -0.15) is 10.5 Å².